The van der Waals surface area contributed by atoms with Crippen molar-refractivity contribution in [2.45, 2.75) is 18.9 Å². The molecule has 3 rings (SSSR count). The van der Waals surface area contributed by atoms with E-state index in [1.54, 1.807) is 30.3 Å². The number of hydrogen-bond donors (Lipinski definition) is 0. The van der Waals surface area contributed by atoms with Crippen LogP contribution in [0.1, 0.15) is 30.1 Å². The second-order valence-corrected chi connectivity index (χ2v) is 6.18. The predicted octanol–water partition coefficient (Wildman–Crippen LogP) is 3.20. The number of hydrogen-bond acceptors (Lipinski definition) is 3. The van der Waals surface area contributed by atoms with Crippen LogP contribution in [-0.2, 0) is 9.53 Å². The van der Waals surface area contributed by atoms with Crippen molar-refractivity contribution in [3.63, 3.8) is 0 Å². The third-order valence-electron chi connectivity index (χ3n) is 4.19. The van der Waals surface area contributed by atoms with E-state index in [4.69, 9.17) is 4.74 Å². The van der Waals surface area contributed by atoms with E-state index in [1.807, 2.05) is 18.2 Å². The van der Waals surface area contributed by atoms with Crippen LogP contribution in [0, 0.1) is 11.7 Å². The minimum Gasteiger partial charge on any atom is -0.371 e. The van der Waals surface area contributed by atoms with Crippen LogP contribution in [0.2, 0.25) is 0 Å². The maximum absolute atomic E-state index is 13.7. The lowest BCUT2D eigenvalue weighted by molar-refractivity contribution is -0.136. The van der Waals surface area contributed by atoms with Crippen LogP contribution >= 0.6 is 0 Å². The Morgan fingerprint density at radius 3 is 2.83 bits per heavy atom. The van der Waals surface area contributed by atoms with E-state index in [1.165, 1.54) is 25.0 Å². The van der Waals surface area contributed by atoms with Gasteiger partial charge in [-0.2, -0.15) is 0 Å². The summed E-state index contributed by atoms with van der Waals surface area (Å²) >= 11 is 0. The molecule has 24 heavy (non-hydrogen) atoms. The highest BCUT2D eigenvalue weighted by atomic mass is 19.1. The van der Waals surface area contributed by atoms with Gasteiger partial charge in [0.2, 0.25) is 5.91 Å². The zero-order valence-corrected chi connectivity index (χ0v) is 13.7. The molecule has 1 fully saturated rings. The van der Waals surface area contributed by atoms with Gasteiger partial charge in [-0.05, 0) is 48.6 Å². The summed E-state index contributed by atoms with van der Waals surface area (Å²) in [6.45, 7) is 0.666. The molecule has 1 aliphatic rings. The van der Waals surface area contributed by atoms with Crippen LogP contribution in [0.15, 0.2) is 48.7 Å². The van der Waals surface area contributed by atoms with Crippen molar-refractivity contribution in [1.82, 2.24) is 9.88 Å². The molecule has 1 unspecified atom stereocenters. The molecule has 0 aliphatic heterocycles. The third kappa shape index (κ3) is 4.17. The minimum atomic E-state index is -0.445. The normalized spacial score (nSPS) is 15.1. The summed E-state index contributed by atoms with van der Waals surface area (Å²) < 4.78 is 19.2. The van der Waals surface area contributed by atoms with Gasteiger partial charge in [0.15, 0.2) is 0 Å². The predicted molar refractivity (Wildman–Crippen MR) is 88.8 cm³/mol. The van der Waals surface area contributed by atoms with Crippen LogP contribution in [0.25, 0.3) is 0 Å². The van der Waals surface area contributed by atoms with Gasteiger partial charge >= 0.3 is 0 Å². The molecular formula is C19H21FN2O2. The summed E-state index contributed by atoms with van der Waals surface area (Å²) in [5.74, 6) is 0.132. The average molecular weight is 328 g/mol. The van der Waals surface area contributed by atoms with Gasteiger partial charge in [0.1, 0.15) is 12.4 Å². The Morgan fingerprint density at radius 2 is 2.17 bits per heavy atom. The maximum Gasteiger partial charge on any atom is 0.249 e. The zero-order chi connectivity index (χ0) is 16.9. The molecule has 1 aromatic heterocycles. The van der Waals surface area contributed by atoms with Crippen LogP contribution < -0.4 is 0 Å². The molecule has 0 radical (unpaired) electrons. The molecule has 0 bridgehead atoms. The van der Waals surface area contributed by atoms with E-state index in [0.717, 1.165) is 0 Å². The first kappa shape index (κ1) is 16.6. The quantitative estimate of drug-likeness (QED) is 0.784. The second-order valence-electron chi connectivity index (χ2n) is 6.18. The fourth-order valence-electron chi connectivity index (χ4n) is 2.65. The number of likely N-dealkylation sites (N-methyl/N-ethyl adjacent to an activating group) is 1. The fourth-order valence-corrected chi connectivity index (χ4v) is 2.65. The first-order valence-electron chi connectivity index (χ1n) is 8.15. The smallest absolute Gasteiger partial charge is 0.249 e. The number of nitrogens with zero attached hydrogens (tertiary/aromatic N) is 2. The van der Waals surface area contributed by atoms with Crippen molar-refractivity contribution in [1.29, 1.82) is 0 Å². The standard InChI is InChI=1S/C19H21FN2O2/c1-22(18(23)13-24-12-14-8-9-14)19(17-7-2-3-10-21-17)15-5-4-6-16(20)11-15/h2-7,10-11,14,19H,8-9,12-13H2,1H3. The number of carbonyl (C=O) groups excluding carboxylic acids is 1. The zero-order valence-electron chi connectivity index (χ0n) is 13.7. The van der Waals surface area contributed by atoms with Crippen molar-refractivity contribution >= 4 is 5.91 Å². The molecule has 5 heteroatoms. The Morgan fingerprint density at radius 1 is 1.33 bits per heavy atom. The number of ether oxygens (including phenoxy) is 1. The molecular weight excluding hydrogens is 307 g/mol. The van der Waals surface area contributed by atoms with Gasteiger partial charge < -0.3 is 9.64 Å². The molecule has 4 nitrogen and oxygen atoms in total. The number of benzene rings is 1. The first-order valence-corrected chi connectivity index (χ1v) is 8.15. The van der Waals surface area contributed by atoms with Gasteiger partial charge in [-0.1, -0.05) is 18.2 Å². The lowest BCUT2D eigenvalue weighted by atomic mass is 10.0. The molecule has 1 atom stereocenters. The molecule has 0 saturated heterocycles. The monoisotopic (exact) mass is 328 g/mol. The summed E-state index contributed by atoms with van der Waals surface area (Å²) in [5.41, 5.74) is 1.38. The molecule has 2 aromatic rings. The molecule has 1 aromatic carbocycles. The van der Waals surface area contributed by atoms with Gasteiger partial charge in [-0.15, -0.1) is 0 Å². The number of amides is 1. The van der Waals surface area contributed by atoms with Crippen molar-refractivity contribution in [3.8, 4) is 0 Å². The maximum atomic E-state index is 13.7. The van der Waals surface area contributed by atoms with Crippen molar-refractivity contribution in [2.24, 2.45) is 5.92 Å². The van der Waals surface area contributed by atoms with Gasteiger partial charge in [0.25, 0.3) is 0 Å². The van der Waals surface area contributed by atoms with Crippen LogP contribution in [-0.4, -0.2) is 36.1 Å². The number of rotatable bonds is 7. The van der Waals surface area contributed by atoms with E-state index < -0.39 is 6.04 Å². The second kappa shape index (κ2) is 7.53. The summed E-state index contributed by atoms with van der Waals surface area (Å²) in [4.78, 5) is 18.4. The highest BCUT2D eigenvalue weighted by Crippen LogP contribution is 2.29. The number of pyridine rings is 1. The van der Waals surface area contributed by atoms with Crippen LogP contribution in [0.4, 0.5) is 4.39 Å². The first-order chi connectivity index (χ1) is 11.6. The van der Waals surface area contributed by atoms with Gasteiger partial charge in [-0.25, -0.2) is 4.39 Å². The summed E-state index contributed by atoms with van der Waals surface area (Å²) in [6.07, 6.45) is 4.04. The van der Waals surface area contributed by atoms with Gasteiger partial charge in [-0.3, -0.25) is 9.78 Å². The number of carbonyl (C=O) groups is 1. The Labute approximate surface area is 141 Å². The average Bonchev–Trinajstić information content (AvgIpc) is 3.40. The Bertz CT molecular complexity index is 689. The van der Waals surface area contributed by atoms with Crippen LogP contribution in [0.5, 0.6) is 0 Å². The molecule has 1 amide bonds. The lowest BCUT2D eigenvalue weighted by Gasteiger charge is -2.28. The van der Waals surface area contributed by atoms with Gasteiger partial charge in [0.05, 0.1) is 18.3 Å². The minimum absolute atomic E-state index is 0.0334. The molecule has 126 valence electrons. The fraction of sp³-hybridized carbons (Fsp3) is 0.368. The summed E-state index contributed by atoms with van der Waals surface area (Å²) in [7, 11) is 1.70. The van der Waals surface area contributed by atoms with E-state index in [-0.39, 0.29) is 18.3 Å². The number of aromatic nitrogens is 1. The van der Waals surface area contributed by atoms with Crippen molar-refractivity contribution < 1.29 is 13.9 Å². The molecule has 1 saturated carbocycles. The highest BCUT2D eigenvalue weighted by Gasteiger charge is 2.26. The van der Waals surface area contributed by atoms with E-state index in [9.17, 15) is 9.18 Å². The summed E-state index contributed by atoms with van der Waals surface area (Å²) in [5, 5.41) is 0. The largest absolute Gasteiger partial charge is 0.371 e. The highest BCUT2D eigenvalue weighted by molar-refractivity contribution is 5.78. The van der Waals surface area contributed by atoms with Crippen molar-refractivity contribution in [3.05, 3.63) is 65.7 Å². The molecule has 0 N–H and O–H groups in total. The van der Waals surface area contributed by atoms with Gasteiger partial charge in [0, 0.05) is 13.2 Å². The molecule has 1 aliphatic carbocycles. The Kier molecular flexibility index (Phi) is 5.20. The van der Waals surface area contributed by atoms with E-state index in [2.05, 4.69) is 4.98 Å². The van der Waals surface area contributed by atoms with E-state index in [0.29, 0.717) is 23.8 Å². The SMILES string of the molecule is CN(C(=O)COCC1CC1)C(c1cccc(F)c1)c1ccccn1. The third-order valence-corrected chi connectivity index (χ3v) is 4.19. The van der Waals surface area contributed by atoms with Crippen LogP contribution in [0.3, 0.4) is 0 Å². The molecule has 0 spiro atoms. The van der Waals surface area contributed by atoms with E-state index >= 15 is 0 Å². The lowest BCUT2D eigenvalue weighted by Crippen LogP contribution is -2.35. The molecule has 1 heterocycles. The number of halogens is 1. The topological polar surface area (TPSA) is 42.4 Å². The Balaban J connectivity index is 1.79. The van der Waals surface area contributed by atoms with Crippen molar-refractivity contribution in [2.75, 3.05) is 20.3 Å². The summed E-state index contributed by atoms with van der Waals surface area (Å²) in [6, 6.07) is 11.3. The Hall–Kier alpha value is -2.27.